The zero-order valence-electron chi connectivity index (χ0n) is 20.4. The van der Waals surface area contributed by atoms with Gasteiger partial charge in [-0.2, -0.15) is 0 Å². The predicted molar refractivity (Wildman–Crippen MR) is 132 cm³/mol. The number of ketones is 1. The van der Waals surface area contributed by atoms with Crippen molar-refractivity contribution in [3.63, 3.8) is 0 Å². The minimum atomic E-state index is -0.514. The number of unbranched alkanes of at least 4 members (excludes halogenated alkanes) is 1. The highest BCUT2D eigenvalue weighted by molar-refractivity contribution is 5.97. The fraction of sp³-hybridized carbons (Fsp3) is 0.500. The van der Waals surface area contributed by atoms with Gasteiger partial charge in [-0.25, -0.2) is 9.78 Å². The van der Waals surface area contributed by atoms with Crippen LogP contribution in [-0.4, -0.2) is 30.9 Å². The molecule has 0 amide bonds. The lowest BCUT2D eigenvalue weighted by Gasteiger charge is -2.16. The van der Waals surface area contributed by atoms with E-state index in [-0.39, 0.29) is 30.7 Å². The monoisotopic (exact) mass is 480 g/mol. The van der Waals surface area contributed by atoms with Crippen molar-refractivity contribution in [2.45, 2.75) is 84.9 Å². The van der Waals surface area contributed by atoms with Crippen LogP contribution in [0.15, 0.2) is 27.8 Å². The van der Waals surface area contributed by atoms with E-state index in [2.05, 4.69) is 9.97 Å². The van der Waals surface area contributed by atoms with Crippen molar-refractivity contribution < 1.29 is 14.3 Å². The summed E-state index contributed by atoms with van der Waals surface area (Å²) in [6.07, 6.45) is 6.05. The van der Waals surface area contributed by atoms with Crippen molar-refractivity contribution in [3.8, 4) is 0 Å². The Morgan fingerprint density at radius 1 is 1.06 bits per heavy atom. The van der Waals surface area contributed by atoms with E-state index < -0.39 is 17.2 Å². The third-order valence-electron chi connectivity index (χ3n) is 6.61. The van der Waals surface area contributed by atoms with E-state index in [0.717, 1.165) is 32.1 Å². The largest absolute Gasteiger partial charge is 0.457 e. The van der Waals surface area contributed by atoms with Crippen LogP contribution >= 0.6 is 0 Å². The zero-order chi connectivity index (χ0) is 24.9. The van der Waals surface area contributed by atoms with Crippen molar-refractivity contribution >= 4 is 22.9 Å². The fourth-order valence-electron chi connectivity index (χ4n) is 4.68. The van der Waals surface area contributed by atoms with Gasteiger partial charge in [-0.3, -0.25) is 23.9 Å². The standard InChI is InChI=1S/C26H32N4O5/c1-3-5-14-30-24-23(25(33)28-26(30)34)29(4-2)21(27-24)16-35-22(32)13-12-20(31)19-11-10-17-8-6-7-9-18(17)15-19/h10-11,15H,3-9,12-14,16H2,1-2H3,(H,28,33,34). The quantitative estimate of drug-likeness (QED) is 0.352. The molecule has 0 radical (unpaired) electrons. The molecule has 35 heavy (non-hydrogen) atoms. The first-order chi connectivity index (χ1) is 16.9. The number of aryl methyl sites for hydroxylation is 4. The van der Waals surface area contributed by atoms with Crippen LogP contribution < -0.4 is 11.2 Å². The highest BCUT2D eigenvalue weighted by Crippen LogP contribution is 2.23. The van der Waals surface area contributed by atoms with E-state index in [1.807, 2.05) is 32.0 Å². The SMILES string of the molecule is CCCCn1c(=O)[nH]c(=O)c2c1nc(COC(=O)CCC(=O)c1ccc3c(c1)CCCC3)n2CC. The van der Waals surface area contributed by atoms with Crippen LogP contribution in [0.3, 0.4) is 0 Å². The first-order valence-corrected chi connectivity index (χ1v) is 12.5. The number of aromatic nitrogens is 4. The molecule has 186 valence electrons. The molecule has 1 aliphatic carbocycles. The summed E-state index contributed by atoms with van der Waals surface area (Å²) < 4.78 is 8.50. The molecular weight excluding hydrogens is 448 g/mol. The number of esters is 1. The van der Waals surface area contributed by atoms with Crippen LogP contribution in [0.2, 0.25) is 0 Å². The number of fused-ring (bicyclic) bond motifs is 2. The minimum absolute atomic E-state index is 0.0376. The van der Waals surface area contributed by atoms with Gasteiger partial charge in [0.1, 0.15) is 12.4 Å². The number of rotatable bonds is 10. The number of carbonyl (C=O) groups is 2. The number of benzene rings is 1. The second-order valence-electron chi connectivity index (χ2n) is 8.98. The summed E-state index contributed by atoms with van der Waals surface area (Å²) in [5.74, 6) is -0.205. The van der Waals surface area contributed by atoms with Gasteiger partial charge in [-0.05, 0) is 56.2 Å². The van der Waals surface area contributed by atoms with Gasteiger partial charge in [-0.1, -0.05) is 25.5 Å². The third kappa shape index (κ3) is 5.28. The molecule has 2 heterocycles. The van der Waals surface area contributed by atoms with Crippen molar-refractivity contribution in [3.05, 3.63) is 61.6 Å². The van der Waals surface area contributed by atoms with Crippen LogP contribution in [0.4, 0.5) is 0 Å². The van der Waals surface area contributed by atoms with E-state index in [0.29, 0.717) is 30.1 Å². The van der Waals surface area contributed by atoms with Crippen molar-refractivity contribution in [1.82, 2.24) is 19.1 Å². The summed E-state index contributed by atoms with van der Waals surface area (Å²) in [6.45, 7) is 4.59. The molecule has 0 spiro atoms. The number of imidazole rings is 1. The van der Waals surface area contributed by atoms with E-state index in [9.17, 15) is 19.2 Å². The molecule has 1 aromatic carbocycles. The second-order valence-corrected chi connectivity index (χ2v) is 8.98. The van der Waals surface area contributed by atoms with Crippen LogP contribution in [-0.2, 0) is 42.1 Å². The van der Waals surface area contributed by atoms with Crippen LogP contribution in [0.5, 0.6) is 0 Å². The van der Waals surface area contributed by atoms with Crippen molar-refractivity contribution in [2.24, 2.45) is 0 Å². The predicted octanol–water partition coefficient (Wildman–Crippen LogP) is 3.29. The van der Waals surface area contributed by atoms with E-state index in [1.165, 1.54) is 22.1 Å². The summed E-state index contributed by atoms with van der Waals surface area (Å²) in [5, 5.41) is 0. The first kappa shape index (κ1) is 24.6. The molecule has 0 fully saturated rings. The third-order valence-corrected chi connectivity index (χ3v) is 6.61. The van der Waals surface area contributed by atoms with Gasteiger partial charge >= 0.3 is 11.7 Å². The number of aromatic amines is 1. The van der Waals surface area contributed by atoms with Gasteiger partial charge in [0.25, 0.3) is 5.56 Å². The molecule has 9 nitrogen and oxygen atoms in total. The van der Waals surface area contributed by atoms with Crippen LogP contribution in [0.1, 0.15) is 79.7 Å². The second kappa shape index (κ2) is 10.8. The summed E-state index contributed by atoms with van der Waals surface area (Å²) in [7, 11) is 0. The number of H-pyrrole nitrogens is 1. The zero-order valence-corrected chi connectivity index (χ0v) is 20.4. The number of nitrogens with one attached hydrogen (secondary N) is 1. The Hall–Kier alpha value is -3.49. The number of hydrogen-bond donors (Lipinski definition) is 1. The molecule has 1 aliphatic rings. The average Bonchev–Trinajstić information content (AvgIpc) is 3.24. The molecule has 4 rings (SSSR count). The molecular formula is C26H32N4O5. The Bertz CT molecular complexity index is 1360. The lowest BCUT2D eigenvalue weighted by atomic mass is 9.89. The lowest BCUT2D eigenvalue weighted by molar-refractivity contribution is -0.145. The molecule has 3 aromatic rings. The highest BCUT2D eigenvalue weighted by atomic mass is 16.5. The number of Topliss-reactive ketones (excluding diaryl/α,β-unsaturated/α-hetero) is 1. The molecule has 2 aromatic heterocycles. The maximum atomic E-state index is 12.6. The van der Waals surface area contributed by atoms with E-state index >= 15 is 0 Å². The first-order valence-electron chi connectivity index (χ1n) is 12.5. The normalized spacial score (nSPS) is 13.1. The van der Waals surface area contributed by atoms with Crippen molar-refractivity contribution in [1.29, 1.82) is 0 Å². The van der Waals surface area contributed by atoms with Gasteiger partial charge in [0.2, 0.25) is 0 Å². The van der Waals surface area contributed by atoms with Crippen LogP contribution in [0, 0.1) is 0 Å². The Labute approximate surface area is 203 Å². The Kier molecular flexibility index (Phi) is 7.63. The fourth-order valence-corrected chi connectivity index (χ4v) is 4.68. The lowest BCUT2D eigenvalue weighted by Crippen LogP contribution is -2.31. The van der Waals surface area contributed by atoms with Crippen molar-refractivity contribution in [2.75, 3.05) is 0 Å². The highest BCUT2D eigenvalue weighted by Gasteiger charge is 2.19. The average molecular weight is 481 g/mol. The van der Waals surface area contributed by atoms with Gasteiger partial charge < -0.3 is 9.30 Å². The summed E-state index contributed by atoms with van der Waals surface area (Å²) in [5.41, 5.74) is 2.75. The Balaban J connectivity index is 1.43. The molecule has 0 saturated heterocycles. The van der Waals surface area contributed by atoms with Gasteiger partial charge in [0.05, 0.1) is 6.42 Å². The topological polar surface area (TPSA) is 116 Å². The summed E-state index contributed by atoms with van der Waals surface area (Å²) >= 11 is 0. The molecule has 9 heteroatoms. The molecule has 0 atom stereocenters. The summed E-state index contributed by atoms with van der Waals surface area (Å²) in [6, 6.07) is 5.83. The Morgan fingerprint density at radius 2 is 1.83 bits per heavy atom. The number of ether oxygens (including phenoxy) is 1. The Morgan fingerprint density at radius 3 is 2.57 bits per heavy atom. The van der Waals surface area contributed by atoms with Gasteiger partial charge in [0.15, 0.2) is 16.9 Å². The molecule has 0 aliphatic heterocycles. The number of nitrogens with zero attached hydrogens (tertiary/aromatic N) is 3. The smallest absolute Gasteiger partial charge is 0.330 e. The van der Waals surface area contributed by atoms with Gasteiger partial charge in [0, 0.05) is 25.1 Å². The summed E-state index contributed by atoms with van der Waals surface area (Å²) in [4.78, 5) is 56.7. The van der Waals surface area contributed by atoms with Crippen LogP contribution in [0.25, 0.3) is 11.2 Å². The van der Waals surface area contributed by atoms with Gasteiger partial charge in [-0.15, -0.1) is 0 Å². The molecule has 0 saturated carbocycles. The number of carbonyl (C=O) groups excluding carboxylic acids is 2. The molecule has 0 unspecified atom stereocenters. The molecule has 0 bridgehead atoms. The number of hydrogen-bond acceptors (Lipinski definition) is 6. The maximum Gasteiger partial charge on any atom is 0.330 e. The minimum Gasteiger partial charge on any atom is -0.457 e. The molecule has 1 N–H and O–H groups in total. The van der Waals surface area contributed by atoms with E-state index in [4.69, 9.17) is 4.74 Å². The maximum absolute atomic E-state index is 12.6. The van der Waals surface area contributed by atoms with E-state index in [1.54, 1.807) is 4.57 Å².